The molecule has 4 heteroatoms. The van der Waals surface area contributed by atoms with Crippen molar-refractivity contribution in [3.05, 3.63) is 22.8 Å². The Labute approximate surface area is 122 Å². The van der Waals surface area contributed by atoms with Crippen LogP contribution in [-0.4, -0.2) is 24.1 Å². The molecule has 0 aliphatic rings. The van der Waals surface area contributed by atoms with Gasteiger partial charge in [-0.05, 0) is 24.5 Å². The Kier molecular flexibility index (Phi) is 6.59. The second-order valence-electron chi connectivity index (χ2n) is 5.60. The molecule has 0 spiro atoms. The van der Waals surface area contributed by atoms with Crippen LogP contribution in [0.2, 0.25) is 5.02 Å². The van der Waals surface area contributed by atoms with E-state index in [2.05, 4.69) is 55.9 Å². The summed E-state index contributed by atoms with van der Waals surface area (Å²) in [4.78, 5) is 6.75. The summed E-state index contributed by atoms with van der Waals surface area (Å²) in [5.41, 5.74) is 1.11. The van der Waals surface area contributed by atoms with E-state index in [4.69, 9.17) is 11.6 Å². The lowest BCUT2D eigenvalue weighted by atomic mass is 10.2. The van der Waals surface area contributed by atoms with Crippen molar-refractivity contribution in [2.24, 2.45) is 5.92 Å². The number of aromatic nitrogens is 1. The molecule has 0 atom stereocenters. The van der Waals surface area contributed by atoms with Gasteiger partial charge in [0.15, 0.2) is 0 Å². The molecule has 0 aromatic carbocycles. The molecule has 108 valence electrons. The van der Waals surface area contributed by atoms with Gasteiger partial charge in [0, 0.05) is 31.9 Å². The van der Waals surface area contributed by atoms with Crippen molar-refractivity contribution in [1.82, 2.24) is 10.3 Å². The van der Waals surface area contributed by atoms with Gasteiger partial charge in [0.1, 0.15) is 5.82 Å². The molecule has 1 heterocycles. The zero-order valence-corrected chi connectivity index (χ0v) is 13.5. The fraction of sp³-hybridized carbons (Fsp3) is 0.667. The third-order valence-electron chi connectivity index (χ3n) is 2.91. The minimum absolute atomic E-state index is 0.450. The van der Waals surface area contributed by atoms with Crippen LogP contribution in [0, 0.1) is 5.92 Å². The van der Waals surface area contributed by atoms with Gasteiger partial charge in [-0.15, -0.1) is 0 Å². The molecule has 0 amide bonds. The second-order valence-corrected chi connectivity index (χ2v) is 6.01. The van der Waals surface area contributed by atoms with Crippen molar-refractivity contribution in [3.8, 4) is 0 Å². The third-order valence-corrected chi connectivity index (χ3v) is 3.25. The highest BCUT2D eigenvalue weighted by atomic mass is 35.5. The summed E-state index contributed by atoms with van der Waals surface area (Å²) in [5, 5.41) is 4.13. The maximum atomic E-state index is 6.21. The zero-order valence-electron chi connectivity index (χ0n) is 12.7. The van der Waals surface area contributed by atoms with Crippen LogP contribution in [-0.2, 0) is 6.54 Å². The maximum absolute atomic E-state index is 6.21. The van der Waals surface area contributed by atoms with Crippen LogP contribution in [0.4, 0.5) is 5.82 Å². The van der Waals surface area contributed by atoms with Gasteiger partial charge in [-0.25, -0.2) is 4.98 Å². The Balaban J connectivity index is 2.86. The summed E-state index contributed by atoms with van der Waals surface area (Å²) in [5.74, 6) is 1.64. The first-order chi connectivity index (χ1) is 8.93. The second kappa shape index (κ2) is 7.71. The Hall–Kier alpha value is -0.800. The first kappa shape index (κ1) is 16.3. The number of nitrogens with zero attached hydrogens (tertiary/aromatic N) is 2. The molecular formula is C15H26ClN3. The minimum atomic E-state index is 0.450. The molecule has 1 rings (SSSR count). The number of nitrogens with one attached hydrogen (secondary N) is 1. The molecule has 0 aliphatic carbocycles. The first-order valence-corrected chi connectivity index (χ1v) is 7.44. The van der Waals surface area contributed by atoms with Crippen LogP contribution in [0.3, 0.4) is 0 Å². The highest BCUT2D eigenvalue weighted by molar-refractivity contribution is 6.31. The summed E-state index contributed by atoms with van der Waals surface area (Å²) in [6.07, 6.45) is 1.76. The largest absolute Gasteiger partial charge is 0.357 e. The Bertz CT molecular complexity index is 391. The number of hydrogen-bond acceptors (Lipinski definition) is 3. The van der Waals surface area contributed by atoms with E-state index in [0.29, 0.717) is 12.0 Å². The molecular weight excluding hydrogens is 258 g/mol. The molecule has 0 aliphatic heterocycles. The third kappa shape index (κ3) is 5.37. The Morgan fingerprint density at radius 3 is 2.53 bits per heavy atom. The highest BCUT2D eigenvalue weighted by Crippen LogP contribution is 2.21. The van der Waals surface area contributed by atoms with Crippen LogP contribution in [0.25, 0.3) is 0 Å². The van der Waals surface area contributed by atoms with Gasteiger partial charge in [-0.1, -0.05) is 39.3 Å². The molecule has 0 bridgehead atoms. The lowest BCUT2D eigenvalue weighted by Gasteiger charge is -2.24. The van der Waals surface area contributed by atoms with Crippen LogP contribution in [0.15, 0.2) is 12.3 Å². The normalized spacial score (nSPS) is 11.4. The van der Waals surface area contributed by atoms with Crippen LogP contribution in [0.1, 0.15) is 40.2 Å². The van der Waals surface area contributed by atoms with E-state index in [-0.39, 0.29) is 0 Å². The van der Waals surface area contributed by atoms with Crippen molar-refractivity contribution < 1.29 is 0 Å². The van der Waals surface area contributed by atoms with Gasteiger partial charge in [0.25, 0.3) is 0 Å². The van der Waals surface area contributed by atoms with Crippen molar-refractivity contribution in [2.45, 2.75) is 47.2 Å². The fourth-order valence-corrected chi connectivity index (χ4v) is 2.09. The summed E-state index contributed by atoms with van der Waals surface area (Å²) in [7, 11) is 0. The minimum Gasteiger partial charge on any atom is -0.357 e. The molecule has 0 saturated heterocycles. The first-order valence-electron chi connectivity index (χ1n) is 7.06. The SMILES string of the molecule is CCN(CC(C)C)c1cc(CNC(C)C)c(Cl)cn1. The molecule has 0 radical (unpaired) electrons. The monoisotopic (exact) mass is 283 g/mol. The van der Waals surface area contributed by atoms with Crippen molar-refractivity contribution in [2.75, 3.05) is 18.0 Å². The van der Waals surface area contributed by atoms with Crippen molar-refractivity contribution >= 4 is 17.4 Å². The molecule has 0 saturated carbocycles. The van der Waals surface area contributed by atoms with Crippen LogP contribution in [0.5, 0.6) is 0 Å². The van der Waals surface area contributed by atoms with Crippen molar-refractivity contribution in [3.63, 3.8) is 0 Å². The van der Waals surface area contributed by atoms with Crippen LogP contribution >= 0.6 is 11.6 Å². The number of halogens is 1. The van der Waals surface area contributed by atoms with E-state index < -0.39 is 0 Å². The standard InChI is InChI=1S/C15H26ClN3/c1-6-19(10-11(2)3)15-7-13(8-17-12(4)5)14(16)9-18-15/h7,9,11-12,17H,6,8,10H2,1-5H3. The predicted octanol–water partition coefficient (Wildman–Crippen LogP) is 3.72. The van der Waals surface area contributed by atoms with Crippen LogP contribution < -0.4 is 10.2 Å². The average molecular weight is 284 g/mol. The molecule has 1 N–H and O–H groups in total. The molecule has 1 aromatic rings. The Morgan fingerprint density at radius 1 is 1.32 bits per heavy atom. The topological polar surface area (TPSA) is 28.2 Å². The predicted molar refractivity (Wildman–Crippen MR) is 83.9 cm³/mol. The zero-order chi connectivity index (χ0) is 14.4. The summed E-state index contributed by atoms with van der Waals surface area (Å²) < 4.78 is 0. The molecule has 0 unspecified atom stereocenters. The Morgan fingerprint density at radius 2 is 2.00 bits per heavy atom. The van der Waals surface area contributed by atoms with Gasteiger partial charge in [0.2, 0.25) is 0 Å². The van der Waals surface area contributed by atoms with Gasteiger partial charge < -0.3 is 10.2 Å². The summed E-state index contributed by atoms with van der Waals surface area (Å²) >= 11 is 6.21. The fourth-order valence-electron chi connectivity index (χ4n) is 1.92. The molecule has 0 fully saturated rings. The van der Waals surface area contributed by atoms with Gasteiger partial charge in [-0.3, -0.25) is 0 Å². The van der Waals surface area contributed by atoms with E-state index in [1.165, 1.54) is 0 Å². The maximum Gasteiger partial charge on any atom is 0.128 e. The number of hydrogen-bond donors (Lipinski definition) is 1. The highest BCUT2D eigenvalue weighted by Gasteiger charge is 2.10. The quantitative estimate of drug-likeness (QED) is 0.827. The van der Waals surface area contributed by atoms with E-state index in [1.54, 1.807) is 6.20 Å². The van der Waals surface area contributed by atoms with Crippen molar-refractivity contribution in [1.29, 1.82) is 0 Å². The van der Waals surface area contributed by atoms with Gasteiger partial charge in [-0.2, -0.15) is 0 Å². The lowest BCUT2D eigenvalue weighted by molar-refractivity contribution is 0.587. The number of anilines is 1. The van der Waals surface area contributed by atoms with E-state index >= 15 is 0 Å². The lowest BCUT2D eigenvalue weighted by Crippen LogP contribution is -2.28. The van der Waals surface area contributed by atoms with Gasteiger partial charge >= 0.3 is 0 Å². The molecule has 3 nitrogen and oxygen atoms in total. The van der Waals surface area contributed by atoms with E-state index in [0.717, 1.165) is 36.0 Å². The average Bonchev–Trinajstić information content (AvgIpc) is 2.34. The number of rotatable bonds is 7. The molecule has 1 aromatic heterocycles. The van der Waals surface area contributed by atoms with Gasteiger partial charge in [0.05, 0.1) is 5.02 Å². The summed E-state index contributed by atoms with van der Waals surface area (Å²) in [6, 6.07) is 2.55. The summed E-state index contributed by atoms with van der Waals surface area (Å²) in [6.45, 7) is 13.6. The molecule has 19 heavy (non-hydrogen) atoms. The van der Waals surface area contributed by atoms with E-state index in [9.17, 15) is 0 Å². The smallest absolute Gasteiger partial charge is 0.128 e. The van der Waals surface area contributed by atoms with E-state index in [1.807, 2.05) is 0 Å². The number of pyridine rings is 1.